The molecule has 0 radical (unpaired) electrons. The van der Waals surface area contributed by atoms with Crippen molar-refractivity contribution in [3.05, 3.63) is 40.4 Å². The number of nitrogens with one attached hydrogen (secondary N) is 1. The number of rotatable bonds is 7. The molecular formula is C15H18N2O3S. The normalized spacial score (nSPS) is 10.4. The minimum Gasteiger partial charge on any atom is -0.491 e. The molecule has 1 heterocycles. The van der Waals surface area contributed by atoms with E-state index < -0.39 is 5.97 Å². The first kappa shape index (κ1) is 15.3. The molecule has 2 N–H and O–H groups in total. The average molecular weight is 306 g/mol. The molecule has 6 heteroatoms. The Morgan fingerprint density at radius 3 is 2.76 bits per heavy atom. The molecule has 5 nitrogen and oxygen atoms in total. The fraction of sp³-hybridized carbons (Fsp3) is 0.333. The molecule has 0 saturated heterocycles. The lowest BCUT2D eigenvalue weighted by atomic mass is 10.1. The van der Waals surface area contributed by atoms with Gasteiger partial charge < -0.3 is 15.2 Å². The van der Waals surface area contributed by atoms with E-state index in [1.807, 2.05) is 32.0 Å². The van der Waals surface area contributed by atoms with Crippen molar-refractivity contribution in [3.8, 4) is 5.75 Å². The third-order valence-electron chi connectivity index (χ3n) is 2.92. The van der Waals surface area contributed by atoms with Crippen LogP contribution in [0.5, 0.6) is 5.75 Å². The highest BCUT2D eigenvalue weighted by Gasteiger charge is 2.06. The van der Waals surface area contributed by atoms with Gasteiger partial charge in [-0.1, -0.05) is 18.2 Å². The molecule has 0 saturated carbocycles. The molecule has 1 aromatic heterocycles. The van der Waals surface area contributed by atoms with Crippen molar-refractivity contribution >= 4 is 22.4 Å². The average Bonchev–Trinajstić information content (AvgIpc) is 2.84. The molecule has 1 aromatic carbocycles. The lowest BCUT2D eigenvalue weighted by Crippen LogP contribution is -2.12. The number of carboxylic acid groups (broad SMARTS) is 1. The van der Waals surface area contributed by atoms with Crippen LogP contribution in [-0.2, 0) is 11.2 Å². The van der Waals surface area contributed by atoms with E-state index in [0.29, 0.717) is 18.8 Å². The Kier molecular flexibility index (Phi) is 5.16. The molecule has 0 atom stereocenters. The summed E-state index contributed by atoms with van der Waals surface area (Å²) in [5, 5.41) is 14.3. The zero-order valence-electron chi connectivity index (χ0n) is 12.0. The zero-order chi connectivity index (χ0) is 15.2. The van der Waals surface area contributed by atoms with Crippen molar-refractivity contribution in [3.63, 3.8) is 0 Å². The maximum Gasteiger partial charge on any atom is 0.309 e. The third-order valence-corrected chi connectivity index (χ3v) is 3.77. The van der Waals surface area contributed by atoms with Crippen LogP contribution in [0.1, 0.15) is 16.8 Å². The minimum absolute atomic E-state index is 0.0446. The van der Waals surface area contributed by atoms with Crippen molar-refractivity contribution in [1.82, 2.24) is 4.98 Å². The highest BCUT2D eigenvalue weighted by Crippen LogP contribution is 2.22. The summed E-state index contributed by atoms with van der Waals surface area (Å²) in [7, 11) is 0. The molecule has 0 amide bonds. The predicted octanol–water partition coefficient (Wildman–Crippen LogP) is 2.88. The van der Waals surface area contributed by atoms with Gasteiger partial charge in [-0.3, -0.25) is 4.79 Å². The van der Waals surface area contributed by atoms with Gasteiger partial charge >= 0.3 is 5.97 Å². The van der Waals surface area contributed by atoms with Crippen molar-refractivity contribution in [2.24, 2.45) is 0 Å². The zero-order valence-corrected chi connectivity index (χ0v) is 12.9. The number of aromatic nitrogens is 1. The quantitative estimate of drug-likeness (QED) is 0.770. The van der Waals surface area contributed by atoms with E-state index in [-0.39, 0.29) is 6.42 Å². The summed E-state index contributed by atoms with van der Waals surface area (Å²) in [5.41, 5.74) is 2.81. The summed E-state index contributed by atoms with van der Waals surface area (Å²) in [6, 6.07) is 6.05. The minimum atomic E-state index is -0.870. The number of carbonyl (C=O) groups is 1. The summed E-state index contributed by atoms with van der Waals surface area (Å²) < 4.78 is 5.78. The fourth-order valence-electron chi connectivity index (χ4n) is 1.96. The van der Waals surface area contributed by atoms with E-state index in [4.69, 9.17) is 9.84 Å². The second kappa shape index (κ2) is 7.08. The number of thiazole rings is 1. The molecule has 0 aliphatic carbocycles. The van der Waals surface area contributed by atoms with Gasteiger partial charge in [-0.25, -0.2) is 4.98 Å². The topological polar surface area (TPSA) is 71.5 Å². The van der Waals surface area contributed by atoms with E-state index in [1.165, 1.54) is 11.3 Å². The number of nitrogens with zero attached hydrogens (tertiary/aromatic N) is 1. The number of hydrogen-bond acceptors (Lipinski definition) is 5. The van der Waals surface area contributed by atoms with Crippen LogP contribution >= 0.6 is 11.3 Å². The monoisotopic (exact) mass is 306 g/mol. The first-order chi connectivity index (χ1) is 10.1. The molecule has 0 aliphatic heterocycles. The SMILES string of the molecule is Cc1cccc(C)c1OCCNc1nc(CC(=O)O)cs1. The molecule has 0 unspecified atom stereocenters. The predicted molar refractivity (Wildman–Crippen MR) is 83.4 cm³/mol. The maximum absolute atomic E-state index is 10.6. The van der Waals surface area contributed by atoms with Crippen LogP contribution < -0.4 is 10.1 Å². The molecule has 0 bridgehead atoms. The summed E-state index contributed by atoms with van der Waals surface area (Å²) in [6.07, 6.45) is -0.0446. The molecular weight excluding hydrogens is 288 g/mol. The Morgan fingerprint density at radius 1 is 1.38 bits per heavy atom. The van der Waals surface area contributed by atoms with Crippen molar-refractivity contribution < 1.29 is 14.6 Å². The molecule has 21 heavy (non-hydrogen) atoms. The van der Waals surface area contributed by atoms with E-state index >= 15 is 0 Å². The smallest absolute Gasteiger partial charge is 0.309 e. The van der Waals surface area contributed by atoms with Gasteiger partial charge in [-0.15, -0.1) is 11.3 Å². The Balaban J connectivity index is 1.79. The number of aliphatic carboxylic acids is 1. The highest BCUT2D eigenvalue weighted by molar-refractivity contribution is 7.13. The van der Waals surface area contributed by atoms with Crippen LogP contribution in [0.3, 0.4) is 0 Å². The maximum atomic E-state index is 10.6. The summed E-state index contributed by atoms with van der Waals surface area (Å²) >= 11 is 1.40. The molecule has 0 spiro atoms. The van der Waals surface area contributed by atoms with Gasteiger partial charge in [0.15, 0.2) is 5.13 Å². The second-order valence-corrected chi connectivity index (χ2v) is 5.57. The van der Waals surface area contributed by atoms with E-state index in [1.54, 1.807) is 5.38 Å². The van der Waals surface area contributed by atoms with Crippen LogP contribution in [0.2, 0.25) is 0 Å². The van der Waals surface area contributed by atoms with Crippen LogP contribution in [0.25, 0.3) is 0 Å². The Labute approximate surface area is 127 Å². The first-order valence-corrected chi connectivity index (χ1v) is 7.53. The number of ether oxygens (including phenoxy) is 1. The number of aryl methyl sites for hydroxylation is 2. The number of benzene rings is 1. The van der Waals surface area contributed by atoms with Crippen molar-refractivity contribution in [2.45, 2.75) is 20.3 Å². The summed E-state index contributed by atoms with van der Waals surface area (Å²) in [5.74, 6) is 0.0511. The van der Waals surface area contributed by atoms with Crippen LogP contribution in [-0.4, -0.2) is 29.2 Å². The van der Waals surface area contributed by atoms with Crippen LogP contribution in [0.4, 0.5) is 5.13 Å². The number of para-hydroxylation sites is 1. The summed E-state index contributed by atoms with van der Waals surface area (Å²) in [6.45, 7) is 5.19. The molecule has 0 fully saturated rings. The molecule has 2 rings (SSSR count). The van der Waals surface area contributed by atoms with Gasteiger partial charge in [0.1, 0.15) is 12.4 Å². The standard InChI is InChI=1S/C15H18N2O3S/c1-10-4-3-5-11(2)14(10)20-7-6-16-15-17-12(9-21-15)8-13(18)19/h3-5,9H,6-8H2,1-2H3,(H,16,17)(H,18,19). The van der Waals surface area contributed by atoms with E-state index in [9.17, 15) is 4.79 Å². The van der Waals surface area contributed by atoms with Crippen LogP contribution in [0.15, 0.2) is 23.6 Å². The van der Waals surface area contributed by atoms with Crippen molar-refractivity contribution in [2.75, 3.05) is 18.5 Å². The van der Waals surface area contributed by atoms with Crippen LogP contribution in [0, 0.1) is 13.8 Å². The number of hydrogen-bond donors (Lipinski definition) is 2. The summed E-state index contributed by atoms with van der Waals surface area (Å²) in [4.78, 5) is 14.8. The van der Waals surface area contributed by atoms with Gasteiger partial charge in [-0.2, -0.15) is 0 Å². The lowest BCUT2D eigenvalue weighted by molar-refractivity contribution is -0.136. The van der Waals surface area contributed by atoms with E-state index in [2.05, 4.69) is 10.3 Å². The number of anilines is 1. The van der Waals surface area contributed by atoms with E-state index in [0.717, 1.165) is 22.0 Å². The third kappa shape index (κ3) is 4.46. The number of carboxylic acids is 1. The first-order valence-electron chi connectivity index (χ1n) is 6.65. The highest BCUT2D eigenvalue weighted by atomic mass is 32.1. The lowest BCUT2D eigenvalue weighted by Gasteiger charge is -2.11. The molecule has 112 valence electrons. The largest absolute Gasteiger partial charge is 0.491 e. The van der Waals surface area contributed by atoms with Gasteiger partial charge in [-0.05, 0) is 25.0 Å². The van der Waals surface area contributed by atoms with Gasteiger partial charge in [0.05, 0.1) is 18.7 Å². The van der Waals surface area contributed by atoms with Gasteiger partial charge in [0.25, 0.3) is 0 Å². The Bertz CT molecular complexity index is 605. The van der Waals surface area contributed by atoms with Gasteiger partial charge in [0, 0.05) is 5.38 Å². The van der Waals surface area contributed by atoms with Crippen molar-refractivity contribution in [1.29, 1.82) is 0 Å². The molecule has 0 aliphatic rings. The Hall–Kier alpha value is -2.08. The Morgan fingerprint density at radius 2 is 2.10 bits per heavy atom. The van der Waals surface area contributed by atoms with Gasteiger partial charge in [0.2, 0.25) is 0 Å². The molecule has 2 aromatic rings. The second-order valence-electron chi connectivity index (χ2n) is 4.71. The fourth-order valence-corrected chi connectivity index (χ4v) is 2.70.